The van der Waals surface area contributed by atoms with Crippen LogP contribution in [0.2, 0.25) is 0 Å². The van der Waals surface area contributed by atoms with Gasteiger partial charge in [-0.25, -0.2) is 4.98 Å². The zero-order valence-corrected chi connectivity index (χ0v) is 16.2. The molecule has 30 heavy (non-hydrogen) atoms. The lowest BCUT2D eigenvalue weighted by molar-refractivity contribution is -0.384. The van der Waals surface area contributed by atoms with Gasteiger partial charge in [0.05, 0.1) is 11.0 Å². The molecule has 0 aliphatic carbocycles. The summed E-state index contributed by atoms with van der Waals surface area (Å²) in [5, 5.41) is 18.2. The molecular weight excluding hydrogens is 386 g/mol. The number of carbonyl (C=O) groups excluding carboxylic acids is 1. The van der Waals surface area contributed by atoms with E-state index in [2.05, 4.69) is 15.2 Å². The van der Waals surface area contributed by atoms with Crippen LogP contribution in [-0.4, -0.2) is 44.1 Å². The van der Waals surface area contributed by atoms with E-state index in [1.165, 1.54) is 12.1 Å². The van der Waals surface area contributed by atoms with Crippen LogP contribution >= 0.6 is 0 Å². The Hall–Kier alpha value is -3.75. The number of non-ortho nitro benzene ring substituents is 1. The summed E-state index contributed by atoms with van der Waals surface area (Å²) in [4.78, 5) is 29.7. The molecule has 9 nitrogen and oxygen atoms in total. The largest absolute Gasteiger partial charge is 0.484 e. The molecule has 1 aliphatic rings. The van der Waals surface area contributed by atoms with E-state index < -0.39 is 4.92 Å². The maximum absolute atomic E-state index is 12.8. The van der Waals surface area contributed by atoms with Crippen LogP contribution in [0.15, 0.2) is 54.6 Å². The van der Waals surface area contributed by atoms with Gasteiger partial charge in [0.2, 0.25) is 0 Å². The van der Waals surface area contributed by atoms with Crippen LogP contribution in [0.25, 0.3) is 11.4 Å². The third-order valence-corrected chi connectivity index (χ3v) is 5.06. The molecule has 1 N–H and O–H groups in total. The number of piperidine rings is 1. The number of aromatic nitrogens is 3. The third kappa shape index (κ3) is 4.29. The van der Waals surface area contributed by atoms with Crippen molar-refractivity contribution in [3.63, 3.8) is 0 Å². The van der Waals surface area contributed by atoms with E-state index in [-0.39, 0.29) is 24.2 Å². The van der Waals surface area contributed by atoms with Crippen molar-refractivity contribution >= 4 is 11.6 Å². The van der Waals surface area contributed by atoms with Crippen LogP contribution < -0.4 is 4.74 Å². The number of amides is 1. The van der Waals surface area contributed by atoms with Crippen molar-refractivity contribution in [1.82, 2.24) is 20.1 Å². The number of nitro groups is 1. The van der Waals surface area contributed by atoms with E-state index >= 15 is 0 Å². The van der Waals surface area contributed by atoms with Crippen LogP contribution in [0.1, 0.15) is 31.1 Å². The van der Waals surface area contributed by atoms with Crippen molar-refractivity contribution in [3.8, 4) is 17.1 Å². The number of rotatable bonds is 6. The van der Waals surface area contributed by atoms with Crippen LogP contribution in [0.5, 0.6) is 5.75 Å². The summed E-state index contributed by atoms with van der Waals surface area (Å²) >= 11 is 0. The Morgan fingerprint density at radius 3 is 2.83 bits per heavy atom. The summed E-state index contributed by atoms with van der Waals surface area (Å²) in [7, 11) is 0. The number of nitro benzene ring substituents is 1. The van der Waals surface area contributed by atoms with Crippen molar-refractivity contribution in [2.75, 3.05) is 13.2 Å². The summed E-state index contributed by atoms with van der Waals surface area (Å²) in [5.41, 5.74) is 0.527. The predicted molar refractivity (Wildman–Crippen MR) is 109 cm³/mol. The number of ether oxygens (including phenoxy) is 1. The van der Waals surface area contributed by atoms with Gasteiger partial charge in [0, 0.05) is 24.2 Å². The molecule has 0 bridgehead atoms. The standard InChI is InChI=1S/C21H21N5O4/c27-19(14-30-17-9-2-1-3-10-17)25-12-5-4-11-18(25)21-22-20(23-24-21)15-7-6-8-16(13-15)26(28)29/h1-3,6-10,13,18H,4-5,11-12,14H2,(H,22,23,24). The molecule has 1 atom stereocenters. The minimum Gasteiger partial charge on any atom is -0.484 e. The molecule has 2 heterocycles. The zero-order valence-electron chi connectivity index (χ0n) is 16.2. The maximum Gasteiger partial charge on any atom is 0.270 e. The van der Waals surface area contributed by atoms with Crippen molar-refractivity contribution < 1.29 is 14.5 Å². The van der Waals surface area contributed by atoms with Crippen LogP contribution in [0.3, 0.4) is 0 Å². The average Bonchev–Trinajstić information content (AvgIpc) is 3.28. The van der Waals surface area contributed by atoms with Gasteiger partial charge < -0.3 is 9.64 Å². The van der Waals surface area contributed by atoms with E-state index in [0.717, 1.165) is 19.3 Å². The molecule has 154 valence electrons. The predicted octanol–water partition coefficient (Wildman–Crippen LogP) is 3.51. The Morgan fingerprint density at radius 2 is 2.03 bits per heavy atom. The lowest BCUT2D eigenvalue weighted by Gasteiger charge is -2.34. The van der Waals surface area contributed by atoms with Crippen LogP contribution in [0.4, 0.5) is 5.69 Å². The minimum atomic E-state index is -0.453. The van der Waals surface area contributed by atoms with Gasteiger partial charge in [-0.15, -0.1) is 0 Å². The van der Waals surface area contributed by atoms with Gasteiger partial charge in [-0.05, 0) is 31.4 Å². The Morgan fingerprint density at radius 1 is 1.20 bits per heavy atom. The van der Waals surface area contributed by atoms with E-state index in [9.17, 15) is 14.9 Å². The summed E-state index contributed by atoms with van der Waals surface area (Å²) in [6.07, 6.45) is 2.65. The number of aromatic amines is 1. The van der Waals surface area contributed by atoms with E-state index in [0.29, 0.717) is 29.5 Å². The van der Waals surface area contributed by atoms with Gasteiger partial charge in [-0.2, -0.15) is 5.10 Å². The number of benzene rings is 2. The Balaban J connectivity index is 1.50. The molecular formula is C21H21N5O4. The lowest BCUT2D eigenvalue weighted by Crippen LogP contribution is -2.41. The summed E-state index contributed by atoms with van der Waals surface area (Å²) in [5.74, 6) is 1.47. The number of carbonyl (C=O) groups is 1. The van der Waals surface area contributed by atoms with Crippen LogP contribution in [-0.2, 0) is 4.79 Å². The summed E-state index contributed by atoms with van der Waals surface area (Å²) in [6.45, 7) is 0.570. The second-order valence-corrected chi connectivity index (χ2v) is 7.05. The SMILES string of the molecule is O=C(COc1ccccc1)N1CCCCC1c1nc(-c2cccc([N+](=O)[O-])c2)n[nH]1. The highest BCUT2D eigenvalue weighted by molar-refractivity contribution is 5.78. The summed E-state index contributed by atoms with van der Waals surface area (Å²) in [6, 6.07) is 15.2. The van der Waals surface area contributed by atoms with Gasteiger partial charge in [-0.1, -0.05) is 30.3 Å². The Kier molecular flexibility index (Phi) is 5.69. The van der Waals surface area contributed by atoms with Gasteiger partial charge in [-0.3, -0.25) is 20.0 Å². The van der Waals surface area contributed by atoms with Gasteiger partial charge in [0.25, 0.3) is 11.6 Å². The van der Waals surface area contributed by atoms with Crippen molar-refractivity contribution in [1.29, 1.82) is 0 Å². The molecule has 4 rings (SSSR count). The molecule has 3 aromatic rings. The van der Waals surface area contributed by atoms with Gasteiger partial charge in [0.15, 0.2) is 12.4 Å². The number of hydrogen-bond acceptors (Lipinski definition) is 6. The fourth-order valence-electron chi connectivity index (χ4n) is 3.57. The fraction of sp³-hybridized carbons (Fsp3) is 0.286. The van der Waals surface area contributed by atoms with E-state index in [1.54, 1.807) is 17.0 Å². The number of H-pyrrole nitrogens is 1. The van der Waals surface area contributed by atoms with Gasteiger partial charge in [0.1, 0.15) is 11.6 Å². The molecule has 0 saturated carbocycles. The van der Waals surface area contributed by atoms with E-state index in [4.69, 9.17) is 4.74 Å². The smallest absolute Gasteiger partial charge is 0.270 e. The Labute approximate surface area is 172 Å². The van der Waals surface area contributed by atoms with Gasteiger partial charge >= 0.3 is 0 Å². The molecule has 1 aliphatic heterocycles. The van der Waals surface area contributed by atoms with Crippen LogP contribution in [0, 0.1) is 10.1 Å². The van der Waals surface area contributed by atoms with Crippen molar-refractivity contribution in [3.05, 3.63) is 70.5 Å². The molecule has 0 spiro atoms. The zero-order chi connectivity index (χ0) is 20.9. The fourth-order valence-corrected chi connectivity index (χ4v) is 3.57. The highest BCUT2D eigenvalue weighted by Gasteiger charge is 2.30. The first-order chi connectivity index (χ1) is 14.6. The number of likely N-dealkylation sites (tertiary alicyclic amines) is 1. The molecule has 1 fully saturated rings. The number of hydrogen-bond donors (Lipinski definition) is 1. The molecule has 1 unspecified atom stereocenters. The Bertz CT molecular complexity index is 1040. The average molecular weight is 407 g/mol. The maximum atomic E-state index is 12.8. The first kappa shape index (κ1) is 19.6. The second kappa shape index (κ2) is 8.73. The number of nitrogens with one attached hydrogen (secondary N) is 1. The number of nitrogens with zero attached hydrogens (tertiary/aromatic N) is 4. The normalized spacial score (nSPS) is 16.3. The summed E-state index contributed by atoms with van der Waals surface area (Å²) < 4.78 is 5.61. The van der Waals surface area contributed by atoms with E-state index in [1.807, 2.05) is 30.3 Å². The monoisotopic (exact) mass is 407 g/mol. The molecule has 2 aromatic carbocycles. The molecule has 1 aromatic heterocycles. The highest BCUT2D eigenvalue weighted by atomic mass is 16.6. The van der Waals surface area contributed by atoms with Crippen molar-refractivity contribution in [2.45, 2.75) is 25.3 Å². The first-order valence-electron chi connectivity index (χ1n) is 9.76. The second-order valence-electron chi connectivity index (χ2n) is 7.05. The first-order valence-corrected chi connectivity index (χ1v) is 9.76. The third-order valence-electron chi connectivity index (χ3n) is 5.06. The topological polar surface area (TPSA) is 114 Å². The quantitative estimate of drug-likeness (QED) is 0.494. The lowest BCUT2D eigenvalue weighted by atomic mass is 10.0. The molecule has 1 saturated heterocycles. The van der Waals surface area contributed by atoms with Crippen molar-refractivity contribution in [2.24, 2.45) is 0 Å². The highest BCUT2D eigenvalue weighted by Crippen LogP contribution is 2.30. The molecule has 0 radical (unpaired) electrons. The number of para-hydroxylation sites is 1. The molecule has 9 heteroatoms. The minimum absolute atomic E-state index is 0.0219. The molecule has 1 amide bonds.